The Balaban J connectivity index is 2.09. The lowest BCUT2D eigenvalue weighted by Gasteiger charge is -2.19. The first-order valence-corrected chi connectivity index (χ1v) is 6.36. The van der Waals surface area contributed by atoms with Gasteiger partial charge in [-0.25, -0.2) is 0 Å². The van der Waals surface area contributed by atoms with Gasteiger partial charge in [-0.2, -0.15) is 0 Å². The summed E-state index contributed by atoms with van der Waals surface area (Å²) < 4.78 is 1.28. The average Bonchev–Trinajstić information content (AvgIpc) is 2.71. The molecule has 0 aromatic heterocycles. The van der Waals surface area contributed by atoms with Crippen molar-refractivity contribution >= 4 is 22.6 Å². The topological polar surface area (TPSA) is 26.0 Å². The van der Waals surface area contributed by atoms with E-state index in [-0.39, 0.29) is 6.04 Å². The zero-order valence-electron chi connectivity index (χ0n) is 8.25. The van der Waals surface area contributed by atoms with E-state index in [4.69, 9.17) is 5.73 Å². The first kappa shape index (κ1) is 10.4. The van der Waals surface area contributed by atoms with E-state index in [0.29, 0.717) is 0 Å². The van der Waals surface area contributed by atoms with Gasteiger partial charge in [-0.1, -0.05) is 25.0 Å². The van der Waals surface area contributed by atoms with Crippen molar-refractivity contribution in [2.45, 2.75) is 31.7 Å². The summed E-state index contributed by atoms with van der Waals surface area (Å²) >= 11 is 2.33. The Kier molecular flexibility index (Phi) is 3.44. The first-order chi connectivity index (χ1) is 6.77. The summed E-state index contributed by atoms with van der Waals surface area (Å²) in [5.41, 5.74) is 7.55. The van der Waals surface area contributed by atoms with Gasteiger partial charge in [0.1, 0.15) is 0 Å². The molecule has 1 aliphatic carbocycles. The molecule has 0 unspecified atom stereocenters. The van der Waals surface area contributed by atoms with E-state index in [2.05, 4.69) is 46.9 Å². The molecule has 2 heteroatoms. The molecule has 1 nitrogen and oxygen atoms in total. The van der Waals surface area contributed by atoms with Crippen molar-refractivity contribution in [2.75, 3.05) is 0 Å². The minimum atomic E-state index is 0.259. The molecule has 0 saturated heterocycles. The van der Waals surface area contributed by atoms with E-state index in [1.807, 2.05) is 0 Å². The number of rotatable bonds is 2. The molecule has 14 heavy (non-hydrogen) atoms. The fraction of sp³-hybridized carbons (Fsp3) is 0.500. The molecule has 0 bridgehead atoms. The lowest BCUT2D eigenvalue weighted by Crippen LogP contribution is -2.18. The van der Waals surface area contributed by atoms with Gasteiger partial charge in [0.25, 0.3) is 0 Å². The summed E-state index contributed by atoms with van der Waals surface area (Å²) in [6.07, 6.45) is 5.35. The molecule has 1 aliphatic rings. The molecule has 76 valence electrons. The van der Waals surface area contributed by atoms with Crippen molar-refractivity contribution in [2.24, 2.45) is 11.7 Å². The maximum atomic E-state index is 6.25. The number of hydrogen-bond acceptors (Lipinski definition) is 1. The van der Waals surface area contributed by atoms with Gasteiger partial charge in [0.2, 0.25) is 0 Å². The van der Waals surface area contributed by atoms with Crippen LogP contribution in [0.5, 0.6) is 0 Å². The monoisotopic (exact) mass is 301 g/mol. The quantitative estimate of drug-likeness (QED) is 0.832. The normalized spacial score (nSPS) is 19.9. The molecular weight excluding hydrogens is 285 g/mol. The lowest BCUT2D eigenvalue weighted by atomic mass is 9.93. The van der Waals surface area contributed by atoms with Gasteiger partial charge in [-0.3, -0.25) is 0 Å². The summed E-state index contributed by atoms with van der Waals surface area (Å²) in [6, 6.07) is 8.89. The van der Waals surface area contributed by atoms with E-state index in [9.17, 15) is 0 Å². The lowest BCUT2D eigenvalue weighted by molar-refractivity contribution is 0.445. The Morgan fingerprint density at radius 2 is 1.71 bits per heavy atom. The summed E-state index contributed by atoms with van der Waals surface area (Å²) in [6.45, 7) is 0. The Labute approximate surface area is 99.2 Å². The molecule has 0 spiro atoms. The Morgan fingerprint density at radius 3 is 2.29 bits per heavy atom. The molecule has 1 aromatic rings. The smallest absolute Gasteiger partial charge is 0.0323 e. The van der Waals surface area contributed by atoms with Gasteiger partial charge in [-0.15, -0.1) is 0 Å². The van der Waals surface area contributed by atoms with E-state index in [0.717, 1.165) is 5.92 Å². The van der Waals surface area contributed by atoms with E-state index >= 15 is 0 Å². The average molecular weight is 301 g/mol. The second kappa shape index (κ2) is 4.62. The predicted octanol–water partition coefficient (Wildman–Crippen LogP) is 3.48. The molecule has 0 radical (unpaired) electrons. The van der Waals surface area contributed by atoms with E-state index in [1.165, 1.54) is 34.8 Å². The third-order valence-corrected chi connectivity index (χ3v) is 3.88. The van der Waals surface area contributed by atoms with Crippen molar-refractivity contribution in [3.8, 4) is 0 Å². The van der Waals surface area contributed by atoms with Crippen LogP contribution in [0.25, 0.3) is 0 Å². The molecule has 1 saturated carbocycles. The van der Waals surface area contributed by atoms with Crippen molar-refractivity contribution in [3.63, 3.8) is 0 Å². The Morgan fingerprint density at radius 1 is 1.14 bits per heavy atom. The van der Waals surface area contributed by atoms with Crippen LogP contribution in [0.3, 0.4) is 0 Å². The van der Waals surface area contributed by atoms with Crippen LogP contribution in [-0.4, -0.2) is 0 Å². The third kappa shape index (κ3) is 2.28. The van der Waals surface area contributed by atoms with Crippen LogP contribution in [0.4, 0.5) is 0 Å². The third-order valence-electron chi connectivity index (χ3n) is 3.16. The Hall–Kier alpha value is -0.0900. The van der Waals surface area contributed by atoms with Crippen LogP contribution in [-0.2, 0) is 0 Å². The largest absolute Gasteiger partial charge is 0.324 e. The molecule has 2 N–H and O–H groups in total. The summed E-state index contributed by atoms with van der Waals surface area (Å²) in [4.78, 5) is 0. The van der Waals surface area contributed by atoms with Crippen LogP contribution in [0.2, 0.25) is 0 Å². The van der Waals surface area contributed by atoms with Crippen LogP contribution in [0, 0.1) is 9.49 Å². The van der Waals surface area contributed by atoms with Crippen molar-refractivity contribution in [1.82, 2.24) is 0 Å². The van der Waals surface area contributed by atoms with Gasteiger partial charge in [0, 0.05) is 9.61 Å². The highest BCUT2D eigenvalue weighted by molar-refractivity contribution is 14.1. The highest BCUT2D eigenvalue weighted by atomic mass is 127. The Bertz CT molecular complexity index is 288. The second-order valence-electron chi connectivity index (χ2n) is 4.12. The van der Waals surface area contributed by atoms with Crippen LogP contribution >= 0.6 is 22.6 Å². The molecule has 0 heterocycles. The summed E-state index contributed by atoms with van der Waals surface area (Å²) in [5, 5.41) is 0. The van der Waals surface area contributed by atoms with Gasteiger partial charge in [-0.05, 0) is 59.0 Å². The van der Waals surface area contributed by atoms with Gasteiger partial charge in [0.05, 0.1) is 0 Å². The van der Waals surface area contributed by atoms with Crippen molar-refractivity contribution in [1.29, 1.82) is 0 Å². The molecule has 1 fully saturated rings. The SMILES string of the molecule is N[C@@H](c1ccc(I)cc1)C1CCCC1. The van der Waals surface area contributed by atoms with Crippen LogP contribution in [0.1, 0.15) is 37.3 Å². The minimum Gasteiger partial charge on any atom is -0.324 e. The molecule has 1 atom stereocenters. The maximum absolute atomic E-state index is 6.25. The fourth-order valence-corrected chi connectivity index (χ4v) is 2.63. The van der Waals surface area contributed by atoms with Crippen molar-refractivity contribution < 1.29 is 0 Å². The molecular formula is C12H16IN. The predicted molar refractivity (Wildman–Crippen MR) is 68.0 cm³/mol. The van der Waals surface area contributed by atoms with E-state index < -0.39 is 0 Å². The number of nitrogens with two attached hydrogens (primary N) is 1. The van der Waals surface area contributed by atoms with E-state index in [1.54, 1.807) is 0 Å². The molecule has 1 aromatic carbocycles. The maximum Gasteiger partial charge on any atom is 0.0323 e. The molecule has 0 amide bonds. The highest BCUT2D eigenvalue weighted by Crippen LogP contribution is 2.34. The standard InChI is InChI=1S/C12H16IN/c13-11-7-5-10(6-8-11)12(14)9-3-1-2-4-9/h5-9,12H,1-4,14H2/t12-/m1/s1. The van der Waals surface area contributed by atoms with Crippen molar-refractivity contribution in [3.05, 3.63) is 33.4 Å². The number of halogens is 1. The zero-order chi connectivity index (χ0) is 9.97. The minimum absolute atomic E-state index is 0.259. The highest BCUT2D eigenvalue weighted by Gasteiger charge is 2.22. The summed E-state index contributed by atoms with van der Waals surface area (Å²) in [7, 11) is 0. The molecule has 2 rings (SSSR count). The number of benzene rings is 1. The fourth-order valence-electron chi connectivity index (χ4n) is 2.27. The summed E-state index contributed by atoms with van der Waals surface area (Å²) in [5.74, 6) is 0.718. The van der Waals surface area contributed by atoms with Gasteiger partial charge < -0.3 is 5.73 Å². The first-order valence-electron chi connectivity index (χ1n) is 5.28. The van der Waals surface area contributed by atoms with Crippen LogP contribution in [0.15, 0.2) is 24.3 Å². The number of hydrogen-bond donors (Lipinski definition) is 1. The zero-order valence-corrected chi connectivity index (χ0v) is 10.4. The van der Waals surface area contributed by atoms with Gasteiger partial charge >= 0.3 is 0 Å². The van der Waals surface area contributed by atoms with Gasteiger partial charge in [0.15, 0.2) is 0 Å². The molecule has 0 aliphatic heterocycles. The second-order valence-corrected chi connectivity index (χ2v) is 5.37. The van der Waals surface area contributed by atoms with Crippen LogP contribution < -0.4 is 5.73 Å².